The van der Waals surface area contributed by atoms with Gasteiger partial charge < -0.3 is 25.5 Å². The number of carboxylic acid groups (broad SMARTS) is 1. The van der Waals surface area contributed by atoms with E-state index in [1.54, 1.807) is 0 Å². The summed E-state index contributed by atoms with van der Waals surface area (Å²) in [5.74, 6) is -1.65. The smallest absolute Gasteiger partial charge is 0.436 e. The van der Waals surface area contributed by atoms with E-state index in [4.69, 9.17) is 28.3 Å². The number of piperidine rings is 2. The van der Waals surface area contributed by atoms with E-state index in [2.05, 4.69) is 34.6 Å². The van der Waals surface area contributed by atoms with Gasteiger partial charge in [-0.15, -0.1) is 0 Å². The average Bonchev–Trinajstić information content (AvgIpc) is 3.58. The summed E-state index contributed by atoms with van der Waals surface area (Å²) in [6.07, 6.45) is -7.01. The van der Waals surface area contributed by atoms with Crippen LogP contribution in [-0.4, -0.2) is 77.8 Å². The van der Waals surface area contributed by atoms with Crippen LogP contribution in [0, 0.1) is 27.7 Å². The minimum absolute atomic E-state index is 0.0219. The van der Waals surface area contributed by atoms with Crippen LogP contribution in [0.4, 0.5) is 26.3 Å². The molecule has 2 aliphatic rings. The van der Waals surface area contributed by atoms with Gasteiger partial charge in [0.1, 0.15) is 13.1 Å². The van der Waals surface area contributed by atoms with Gasteiger partial charge in [-0.2, -0.15) is 36.5 Å². The number of aliphatic carboxylic acids is 1. The number of aliphatic hydroxyl groups is 2. The van der Waals surface area contributed by atoms with E-state index in [1.807, 2.05) is 43.3 Å². The van der Waals surface area contributed by atoms with E-state index >= 15 is 0 Å². The molecule has 2 aromatic carbocycles. The number of aromatic nitrogens is 4. The molecule has 0 aliphatic carbocycles. The van der Waals surface area contributed by atoms with Gasteiger partial charge in [0.25, 0.3) is 0 Å². The number of carboxylic acids is 1. The van der Waals surface area contributed by atoms with E-state index in [-0.39, 0.29) is 23.8 Å². The predicted molar refractivity (Wildman–Crippen MR) is 200 cm³/mol. The highest BCUT2D eigenvalue weighted by Gasteiger charge is 2.40. The summed E-state index contributed by atoms with van der Waals surface area (Å²) in [5.41, 5.74) is 0.138. The van der Waals surface area contributed by atoms with Crippen LogP contribution in [0.2, 0.25) is 10.0 Å². The number of amides is 1. The average molecular weight is 850 g/mol. The van der Waals surface area contributed by atoms with Crippen molar-refractivity contribution in [1.29, 1.82) is 0 Å². The van der Waals surface area contributed by atoms with E-state index in [9.17, 15) is 46.1 Å². The summed E-state index contributed by atoms with van der Waals surface area (Å²) in [6.45, 7) is 8.12. The number of halogens is 8. The highest BCUT2D eigenvalue weighted by molar-refractivity contribution is 6.32. The number of likely N-dealkylation sites (tertiary alicyclic amines) is 1. The van der Waals surface area contributed by atoms with Crippen molar-refractivity contribution in [1.82, 2.24) is 29.8 Å². The first kappa shape index (κ1) is 45.5. The lowest BCUT2D eigenvalue weighted by Gasteiger charge is -2.38. The minimum Gasteiger partial charge on any atom is -0.480 e. The monoisotopic (exact) mass is 848 g/mol. The summed E-state index contributed by atoms with van der Waals surface area (Å²) in [6, 6.07) is 15.8. The Morgan fingerprint density at radius 2 is 1.12 bits per heavy atom. The van der Waals surface area contributed by atoms with Gasteiger partial charge in [0.2, 0.25) is 5.91 Å². The molecule has 4 aromatic rings. The van der Waals surface area contributed by atoms with Crippen molar-refractivity contribution in [3.05, 3.63) is 104 Å². The largest absolute Gasteiger partial charge is 0.480 e. The third-order valence-electron chi connectivity index (χ3n) is 9.86. The summed E-state index contributed by atoms with van der Waals surface area (Å²) >= 11 is 11.1. The van der Waals surface area contributed by atoms with Crippen molar-refractivity contribution in [3.63, 3.8) is 0 Å². The molecule has 2 aromatic heterocycles. The van der Waals surface area contributed by atoms with Crippen LogP contribution >= 0.6 is 23.2 Å². The molecule has 4 N–H and O–H groups in total. The van der Waals surface area contributed by atoms with Crippen molar-refractivity contribution in [2.75, 3.05) is 26.2 Å². The van der Waals surface area contributed by atoms with Gasteiger partial charge in [-0.05, 0) is 77.6 Å². The molecule has 57 heavy (non-hydrogen) atoms. The van der Waals surface area contributed by atoms with E-state index in [0.29, 0.717) is 30.6 Å². The molecule has 0 radical (unpaired) electrons. The number of alkyl halides is 6. The van der Waals surface area contributed by atoms with Crippen LogP contribution in [0.3, 0.4) is 0 Å². The Morgan fingerprint density at radius 3 is 1.49 bits per heavy atom. The first-order chi connectivity index (χ1) is 26.4. The number of nitrogens with zero attached hydrogens (tertiary/aromatic N) is 5. The second kappa shape index (κ2) is 18.2. The summed E-state index contributed by atoms with van der Waals surface area (Å²) in [7, 11) is 0. The molecule has 19 heteroatoms. The van der Waals surface area contributed by atoms with Gasteiger partial charge in [-0.1, -0.05) is 82.9 Å². The van der Waals surface area contributed by atoms with Crippen LogP contribution in [-0.2, 0) is 46.2 Å². The highest BCUT2D eigenvalue weighted by Crippen LogP contribution is 2.37. The molecule has 2 fully saturated rings. The Hall–Kier alpha value is -4.16. The lowest BCUT2D eigenvalue weighted by molar-refractivity contribution is -0.143. The van der Waals surface area contributed by atoms with Gasteiger partial charge in [0.05, 0.1) is 32.6 Å². The number of rotatable bonds is 6. The van der Waals surface area contributed by atoms with Crippen molar-refractivity contribution < 1.29 is 51.3 Å². The molecule has 4 heterocycles. The molecule has 1 amide bonds. The number of hydrogen-bond donors (Lipinski definition) is 4. The van der Waals surface area contributed by atoms with E-state index < -0.39 is 57.5 Å². The Labute approximate surface area is 335 Å². The molecule has 0 bridgehead atoms. The molecule has 0 spiro atoms. The number of nitrogens with one attached hydrogen (secondary N) is 1. The third kappa shape index (κ3) is 11.5. The Morgan fingerprint density at radius 1 is 0.719 bits per heavy atom. The fourth-order valence-electron chi connectivity index (χ4n) is 6.49. The maximum atomic E-state index is 12.9. The number of carbonyl (C=O) groups excluding carboxylic acids is 1. The zero-order valence-corrected chi connectivity index (χ0v) is 33.1. The van der Waals surface area contributed by atoms with Crippen LogP contribution in [0.15, 0.2) is 48.5 Å². The van der Waals surface area contributed by atoms with Crippen molar-refractivity contribution in [2.24, 2.45) is 0 Å². The first-order valence-electron chi connectivity index (χ1n) is 17.8. The van der Waals surface area contributed by atoms with Gasteiger partial charge >= 0.3 is 18.3 Å². The Bertz CT molecular complexity index is 2040. The maximum absolute atomic E-state index is 12.9. The molecule has 6 rings (SSSR count). The molecule has 2 saturated heterocycles. The van der Waals surface area contributed by atoms with Gasteiger partial charge in [0.15, 0.2) is 11.4 Å². The zero-order valence-electron chi connectivity index (χ0n) is 31.6. The fourth-order valence-corrected chi connectivity index (χ4v) is 6.97. The van der Waals surface area contributed by atoms with Gasteiger partial charge in [0, 0.05) is 13.1 Å². The predicted octanol–water partition coefficient (Wildman–Crippen LogP) is 7.20. The third-order valence-corrected chi connectivity index (χ3v) is 10.8. The molecular weight excluding hydrogens is 805 g/mol. The first-order valence-corrected chi connectivity index (χ1v) is 18.6. The Balaban J connectivity index is 0.000000209. The minimum atomic E-state index is -4.68. The molecule has 0 atom stereocenters. The van der Waals surface area contributed by atoms with E-state index in [1.165, 1.54) is 24.3 Å². The van der Waals surface area contributed by atoms with Gasteiger partial charge in [-0.25, -0.2) is 0 Å². The molecule has 0 unspecified atom stereocenters. The highest BCUT2D eigenvalue weighted by atomic mass is 35.5. The fraction of sp³-hybridized carbons (Fsp3) is 0.474. The zero-order chi connectivity index (χ0) is 42.5. The number of hydrogen-bond acceptors (Lipinski definition) is 7. The van der Waals surface area contributed by atoms with Crippen LogP contribution < -0.4 is 5.32 Å². The van der Waals surface area contributed by atoms with Gasteiger partial charge in [-0.3, -0.25) is 19.0 Å². The number of benzene rings is 2. The lowest BCUT2D eigenvalue weighted by atomic mass is 9.84. The van der Waals surface area contributed by atoms with Crippen molar-refractivity contribution in [3.8, 4) is 0 Å². The summed E-state index contributed by atoms with van der Waals surface area (Å²) in [5, 5.41) is 38.5. The normalized spacial score (nSPS) is 16.6. The molecule has 312 valence electrons. The topological polar surface area (TPSA) is 146 Å². The summed E-state index contributed by atoms with van der Waals surface area (Å²) in [4.78, 5) is 24.4. The number of carbonyl (C=O) groups is 2. The molecule has 2 aliphatic heterocycles. The SMILES string of the molecule is Cc1c(Cl)c(C(F)(F)F)nn1CC(=O)O.Cc1cccc(C2(O)CCN(C(=O)Cn3nc(C(F)(F)F)c(Cl)c3C)CC2)c1.Cc1cccc(C2(O)CCNCC2)c1. The maximum Gasteiger partial charge on any atom is 0.436 e. The van der Waals surface area contributed by atoms with E-state index in [0.717, 1.165) is 47.3 Å². The standard InChI is InChI=1S/C19H21ClF3N3O2.C12H17NO.C7H6ClF3N2O2/c1-12-4-3-5-14(10-12)18(28)6-8-25(9-7-18)15(27)11-26-13(2)16(20)17(24-26)19(21,22)23;1-10-3-2-4-11(9-10)12(14)5-7-13-8-6-12;1-3-5(8)6(7(9,10)11)12-13(3)2-4(14)15/h3-5,10,28H,6-9,11H2,1-2H3;2-4,9,13-14H,5-8H2,1H3;2H2,1H3,(H,14,15). The second-order valence-electron chi connectivity index (χ2n) is 14.1. The van der Waals surface area contributed by atoms with Crippen LogP contribution in [0.25, 0.3) is 0 Å². The molecule has 11 nitrogen and oxygen atoms in total. The van der Waals surface area contributed by atoms with Crippen molar-refractivity contribution >= 4 is 35.1 Å². The van der Waals surface area contributed by atoms with Crippen LogP contribution in [0.1, 0.15) is 70.7 Å². The molecular formula is C38H44Cl2F6N6O5. The lowest BCUT2D eigenvalue weighted by Crippen LogP contribution is -2.46. The second-order valence-corrected chi connectivity index (χ2v) is 14.9. The quantitative estimate of drug-likeness (QED) is 0.149. The Kier molecular flexibility index (Phi) is 14.5. The molecule has 0 saturated carbocycles. The van der Waals surface area contributed by atoms with Crippen LogP contribution in [0.5, 0.6) is 0 Å². The van der Waals surface area contributed by atoms with Crippen molar-refractivity contribution in [2.45, 2.75) is 90.0 Å². The number of aryl methyl sites for hydroxylation is 2. The summed E-state index contributed by atoms with van der Waals surface area (Å²) < 4.78 is 77.3.